The number of carbonyl (C=O) groups is 1. The second kappa shape index (κ2) is 9.45. The molecule has 2 aromatic carbocycles. The molecule has 0 atom stereocenters. The molecule has 0 aliphatic carbocycles. The molecule has 0 aliphatic heterocycles. The lowest BCUT2D eigenvalue weighted by molar-refractivity contribution is 0.247. The Morgan fingerprint density at radius 1 is 1.00 bits per heavy atom. The number of ether oxygens (including phenoxy) is 2. The molecule has 24 heavy (non-hydrogen) atoms. The quantitative estimate of drug-likeness (QED) is 0.724. The lowest BCUT2D eigenvalue weighted by atomic mass is 10.1. The van der Waals surface area contributed by atoms with Crippen LogP contribution in [0.15, 0.2) is 48.5 Å². The third kappa shape index (κ3) is 5.50. The number of hydrogen-bond donors (Lipinski definition) is 2. The number of amides is 2. The molecule has 0 saturated carbocycles. The van der Waals surface area contributed by atoms with Crippen molar-refractivity contribution in [2.45, 2.75) is 20.3 Å². The molecular weight excluding hydrogens is 304 g/mol. The van der Waals surface area contributed by atoms with Gasteiger partial charge in [0.1, 0.15) is 18.1 Å². The van der Waals surface area contributed by atoms with E-state index in [2.05, 4.69) is 17.6 Å². The summed E-state index contributed by atoms with van der Waals surface area (Å²) in [6, 6.07) is 14.9. The van der Waals surface area contributed by atoms with Crippen LogP contribution in [0.5, 0.6) is 11.5 Å². The van der Waals surface area contributed by atoms with Crippen molar-refractivity contribution in [1.82, 2.24) is 5.32 Å². The summed E-state index contributed by atoms with van der Waals surface area (Å²) in [6.07, 6.45) is 0.918. The van der Waals surface area contributed by atoms with E-state index in [0.29, 0.717) is 25.4 Å². The summed E-state index contributed by atoms with van der Waals surface area (Å²) in [4.78, 5) is 11.8. The monoisotopic (exact) mass is 328 g/mol. The molecule has 128 valence electrons. The van der Waals surface area contributed by atoms with E-state index in [0.717, 1.165) is 23.5 Å². The summed E-state index contributed by atoms with van der Waals surface area (Å²) in [7, 11) is 0. The van der Waals surface area contributed by atoms with Crippen molar-refractivity contribution in [2.24, 2.45) is 0 Å². The molecule has 0 bridgehead atoms. The minimum Gasteiger partial charge on any atom is -0.494 e. The van der Waals surface area contributed by atoms with Crippen LogP contribution in [-0.4, -0.2) is 25.8 Å². The third-order valence-corrected chi connectivity index (χ3v) is 3.42. The number of hydrogen-bond acceptors (Lipinski definition) is 3. The van der Waals surface area contributed by atoms with Crippen molar-refractivity contribution in [3.63, 3.8) is 0 Å². The number of carbonyl (C=O) groups excluding carboxylic acids is 1. The number of aryl methyl sites for hydroxylation is 1. The van der Waals surface area contributed by atoms with Gasteiger partial charge in [0.15, 0.2) is 0 Å². The predicted molar refractivity (Wildman–Crippen MR) is 95.9 cm³/mol. The Balaban J connectivity index is 1.71. The highest BCUT2D eigenvalue weighted by atomic mass is 16.5. The summed E-state index contributed by atoms with van der Waals surface area (Å²) in [6.45, 7) is 5.49. The Morgan fingerprint density at radius 2 is 1.75 bits per heavy atom. The fourth-order valence-corrected chi connectivity index (χ4v) is 2.24. The molecular formula is C19H24N2O3. The van der Waals surface area contributed by atoms with Crippen molar-refractivity contribution in [2.75, 3.05) is 25.1 Å². The van der Waals surface area contributed by atoms with Gasteiger partial charge in [-0.25, -0.2) is 4.79 Å². The van der Waals surface area contributed by atoms with Gasteiger partial charge in [-0.3, -0.25) is 0 Å². The van der Waals surface area contributed by atoms with E-state index < -0.39 is 0 Å². The normalized spacial score (nSPS) is 10.1. The van der Waals surface area contributed by atoms with Crippen LogP contribution >= 0.6 is 0 Å². The van der Waals surface area contributed by atoms with E-state index in [1.54, 1.807) is 12.1 Å². The first-order valence-corrected chi connectivity index (χ1v) is 8.21. The zero-order valence-corrected chi connectivity index (χ0v) is 14.2. The summed E-state index contributed by atoms with van der Waals surface area (Å²) in [5, 5.41) is 5.54. The SMILES string of the molecule is CCOc1ccc(NC(=O)NCCOc2ccccc2CC)cc1. The Bertz CT molecular complexity index is 641. The van der Waals surface area contributed by atoms with Crippen LogP contribution in [0.1, 0.15) is 19.4 Å². The molecule has 2 N–H and O–H groups in total. The molecule has 0 fully saturated rings. The van der Waals surface area contributed by atoms with E-state index in [9.17, 15) is 4.79 Å². The van der Waals surface area contributed by atoms with Crippen molar-refractivity contribution in [1.29, 1.82) is 0 Å². The largest absolute Gasteiger partial charge is 0.494 e. The molecule has 0 saturated heterocycles. The van der Waals surface area contributed by atoms with E-state index >= 15 is 0 Å². The molecule has 0 unspecified atom stereocenters. The van der Waals surface area contributed by atoms with Crippen molar-refractivity contribution >= 4 is 11.7 Å². The predicted octanol–water partition coefficient (Wildman–Crippen LogP) is 3.85. The lowest BCUT2D eigenvalue weighted by Gasteiger charge is -2.11. The maximum atomic E-state index is 11.8. The summed E-state index contributed by atoms with van der Waals surface area (Å²) in [5.41, 5.74) is 1.88. The lowest BCUT2D eigenvalue weighted by Crippen LogP contribution is -2.32. The number of nitrogens with one attached hydrogen (secondary N) is 2. The minimum atomic E-state index is -0.258. The summed E-state index contributed by atoms with van der Waals surface area (Å²) >= 11 is 0. The van der Waals surface area contributed by atoms with Crippen LogP contribution in [0.25, 0.3) is 0 Å². The van der Waals surface area contributed by atoms with Crippen LogP contribution in [0.3, 0.4) is 0 Å². The standard InChI is InChI=1S/C19H24N2O3/c1-3-15-7-5-6-8-18(15)24-14-13-20-19(22)21-16-9-11-17(12-10-16)23-4-2/h5-12H,3-4,13-14H2,1-2H3,(H2,20,21,22). The van der Waals surface area contributed by atoms with Gasteiger partial charge in [-0.15, -0.1) is 0 Å². The zero-order valence-electron chi connectivity index (χ0n) is 14.2. The Kier molecular flexibility index (Phi) is 6.95. The average molecular weight is 328 g/mol. The number of urea groups is 1. The maximum Gasteiger partial charge on any atom is 0.319 e. The Morgan fingerprint density at radius 3 is 2.46 bits per heavy atom. The molecule has 5 nitrogen and oxygen atoms in total. The molecule has 5 heteroatoms. The molecule has 0 spiro atoms. The smallest absolute Gasteiger partial charge is 0.319 e. The number of para-hydroxylation sites is 1. The first kappa shape index (κ1) is 17.7. The minimum absolute atomic E-state index is 0.258. The summed E-state index contributed by atoms with van der Waals surface area (Å²) < 4.78 is 11.1. The first-order chi connectivity index (χ1) is 11.7. The van der Waals surface area contributed by atoms with E-state index in [1.165, 1.54) is 0 Å². The molecule has 2 aromatic rings. The number of anilines is 1. The van der Waals surface area contributed by atoms with E-state index in [4.69, 9.17) is 9.47 Å². The summed E-state index contributed by atoms with van der Waals surface area (Å²) in [5.74, 6) is 1.65. The van der Waals surface area contributed by atoms with Gasteiger partial charge < -0.3 is 20.1 Å². The fraction of sp³-hybridized carbons (Fsp3) is 0.316. The zero-order chi connectivity index (χ0) is 17.2. The van der Waals surface area contributed by atoms with Gasteiger partial charge in [0.05, 0.1) is 13.2 Å². The molecule has 0 aromatic heterocycles. The van der Waals surface area contributed by atoms with Gasteiger partial charge in [-0.1, -0.05) is 25.1 Å². The van der Waals surface area contributed by atoms with Gasteiger partial charge >= 0.3 is 6.03 Å². The molecule has 0 aliphatic rings. The van der Waals surface area contributed by atoms with E-state index in [-0.39, 0.29) is 6.03 Å². The van der Waals surface area contributed by atoms with Gasteiger partial charge in [0, 0.05) is 5.69 Å². The highest BCUT2D eigenvalue weighted by Gasteiger charge is 2.03. The van der Waals surface area contributed by atoms with Crippen LogP contribution in [0.4, 0.5) is 10.5 Å². The highest BCUT2D eigenvalue weighted by molar-refractivity contribution is 5.89. The second-order valence-corrected chi connectivity index (χ2v) is 5.15. The second-order valence-electron chi connectivity index (χ2n) is 5.15. The maximum absolute atomic E-state index is 11.8. The van der Waals surface area contributed by atoms with Gasteiger partial charge in [-0.2, -0.15) is 0 Å². The van der Waals surface area contributed by atoms with Crippen LogP contribution in [0.2, 0.25) is 0 Å². The van der Waals surface area contributed by atoms with Gasteiger partial charge in [-0.05, 0) is 49.2 Å². The average Bonchev–Trinajstić information content (AvgIpc) is 2.61. The van der Waals surface area contributed by atoms with Crippen molar-refractivity contribution < 1.29 is 14.3 Å². The van der Waals surface area contributed by atoms with Crippen LogP contribution in [-0.2, 0) is 6.42 Å². The van der Waals surface area contributed by atoms with Gasteiger partial charge in [0.25, 0.3) is 0 Å². The Labute approximate surface area is 143 Å². The third-order valence-electron chi connectivity index (χ3n) is 3.42. The fourth-order valence-electron chi connectivity index (χ4n) is 2.24. The van der Waals surface area contributed by atoms with Gasteiger partial charge in [0.2, 0.25) is 0 Å². The molecule has 0 heterocycles. The topological polar surface area (TPSA) is 59.6 Å². The van der Waals surface area contributed by atoms with Crippen LogP contribution < -0.4 is 20.1 Å². The number of benzene rings is 2. The first-order valence-electron chi connectivity index (χ1n) is 8.21. The van der Waals surface area contributed by atoms with Crippen molar-refractivity contribution in [3.05, 3.63) is 54.1 Å². The van der Waals surface area contributed by atoms with Crippen LogP contribution in [0, 0.1) is 0 Å². The molecule has 2 rings (SSSR count). The van der Waals surface area contributed by atoms with E-state index in [1.807, 2.05) is 43.3 Å². The number of rotatable bonds is 8. The Hall–Kier alpha value is -2.69. The highest BCUT2D eigenvalue weighted by Crippen LogP contribution is 2.18. The van der Waals surface area contributed by atoms with Crippen molar-refractivity contribution in [3.8, 4) is 11.5 Å². The molecule has 2 amide bonds. The molecule has 0 radical (unpaired) electrons.